The maximum Gasteiger partial charge on any atom is 0.281 e. The van der Waals surface area contributed by atoms with Gasteiger partial charge in [0.2, 0.25) is 5.91 Å². The molecule has 3 rings (SSSR count). The van der Waals surface area contributed by atoms with Crippen LogP contribution < -0.4 is 10.1 Å². The minimum atomic E-state index is -3.52. The van der Waals surface area contributed by atoms with Crippen molar-refractivity contribution in [2.24, 2.45) is 11.3 Å². The molecule has 9 heteroatoms. The number of hydrogen-bond acceptors (Lipinski definition) is 5. The van der Waals surface area contributed by atoms with E-state index in [1.165, 1.54) is 22.7 Å². The fourth-order valence-corrected chi connectivity index (χ4v) is 4.54. The van der Waals surface area contributed by atoms with Crippen molar-refractivity contribution in [3.63, 3.8) is 0 Å². The quantitative estimate of drug-likeness (QED) is 0.784. The molecule has 1 N–H and O–H groups in total. The first-order valence-corrected chi connectivity index (χ1v) is 9.25. The number of amides is 1. The van der Waals surface area contributed by atoms with Crippen LogP contribution in [0.3, 0.4) is 0 Å². The molecule has 8 nitrogen and oxygen atoms in total. The fourth-order valence-electron chi connectivity index (χ4n) is 3.36. The number of rotatable bonds is 5. The molecule has 0 radical (unpaired) electrons. The van der Waals surface area contributed by atoms with Gasteiger partial charge in [-0.15, -0.1) is 0 Å². The van der Waals surface area contributed by atoms with Crippen LogP contribution in [0.25, 0.3) is 0 Å². The van der Waals surface area contributed by atoms with Gasteiger partial charge in [0.1, 0.15) is 5.75 Å². The van der Waals surface area contributed by atoms with Crippen LogP contribution >= 0.6 is 0 Å². The van der Waals surface area contributed by atoms with Crippen LogP contribution in [0.4, 0.5) is 0 Å². The molecular weight excluding hydrogens is 332 g/mol. The van der Waals surface area contributed by atoms with Gasteiger partial charge >= 0.3 is 0 Å². The maximum atomic E-state index is 12.4. The minimum Gasteiger partial charge on any atom is -0.492 e. The van der Waals surface area contributed by atoms with Crippen LogP contribution in [0.2, 0.25) is 0 Å². The summed E-state index contributed by atoms with van der Waals surface area (Å²) < 4.78 is 33.0. The highest BCUT2D eigenvalue weighted by molar-refractivity contribution is 7.86. The molecule has 1 spiro atoms. The molecule has 0 aromatic carbocycles. The van der Waals surface area contributed by atoms with Crippen molar-refractivity contribution >= 4 is 16.1 Å². The predicted molar refractivity (Wildman–Crippen MR) is 87.5 cm³/mol. The van der Waals surface area contributed by atoms with Crippen LogP contribution in [0.1, 0.15) is 6.42 Å². The Kier molecular flexibility index (Phi) is 4.50. The average molecular weight is 354 g/mol. The first-order chi connectivity index (χ1) is 11.4. The lowest BCUT2D eigenvalue weighted by molar-refractivity contribution is -0.128. The van der Waals surface area contributed by atoms with Gasteiger partial charge in [-0.1, -0.05) is 0 Å². The zero-order valence-corrected chi connectivity index (χ0v) is 14.6. The number of pyridine rings is 1. The lowest BCUT2D eigenvalue weighted by Gasteiger charge is -2.28. The summed E-state index contributed by atoms with van der Waals surface area (Å²) in [5.74, 6) is 0.481. The van der Waals surface area contributed by atoms with E-state index in [0.717, 1.165) is 0 Å². The Morgan fingerprint density at radius 3 is 2.96 bits per heavy atom. The first kappa shape index (κ1) is 17.1. The van der Waals surface area contributed by atoms with E-state index in [1.54, 1.807) is 24.5 Å². The molecule has 1 aromatic heterocycles. The lowest BCUT2D eigenvalue weighted by atomic mass is 9.77. The smallest absolute Gasteiger partial charge is 0.281 e. The highest BCUT2D eigenvalue weighted by atomic mass is 32.2. The Balaban J connectivity index is 1.74. The summed E-state index contributed by atoms with van der Waals surface area (Å²) in [5, 5.41) is 2.87. The predicted octanol–water partition coefficient (Wildman–Crippen LogP) is -0.295. The molecule has 3 heterocycles. The fraction of sp³-hybridized carbons (Fsp3) is 0.600. The number of aromatic nitrogens is 1. The van der Waals surface area contributed by atoms with Crippen molar-refractivity contribution in [1.29, 1.82) is 0 Å². The topological polar surface area (TPSA) is 91.8 Å². The summed E-state index contributed by atoms with van der Waals surface area (Å²) in [6.45, 7) is 1.38. The second kappa shape index (κ2) is 6.30. The van der Waals surface area contributed by atoms with E-state index in [9.17, 15) is 13.2 Å². The normalized spacial score (nSPS) is 27.8. The summed E-state index contributed by atoms with van der Waals surface area (Å²) in [6.07, 6.45) is 3.79. The zero-order valence-electron chi connectivity index (χ0n) is 13.8. The van der Waals surface area contributed by atoms with Crippen LogP contribution in [-0.4, -0.2) is 68.3 Å². The summed E-state index contributed by atoms with van der Waals surface area (Å²) in [6, 6.07) is 3.59. The molecule has 2 atom stereocenters. The van der Waals surface area contributed by atoms with E-state index in [0.29, 0.717) is 31.9 Å². The molecule has 132 valence electrons. The Morgan fingerprint density at radius 1 is 1.50 bits per heavy atom. The Labute approximate surface area is 142 Å². The minimum absolute atomic E-state index is 0.0763. The van der Waals surface area contributed by atoms with Crippen LogP contribution in [-0.2, 0) is 15.0 Å². The summed E-state index contributed by atoms with van der Waals surface area (Å²) in [7, 11) is -0.522. The van der Waals surface area contributed by atoms with E-state index in [4.69, 9.17) is 4.74 Å². The molecule has 0 saturated carbocycles. The van der Waals surface area contributed by atoms with Crippen molar-refractivity contribution in [2.45, 2.75) is 6.42 Å². The maximum absolute atomic E-state index is 12.4. The molecule has 24 heavy (non-hydrogen) atoms. The van der Waals surface area contributed by atoms with Gasteiger partial charge in [-0.05, 0) is 18.6 Å². The molecule has 2 aliphatic rings. The SMILES string of the molecule is CN(C)S(=O)(=O)N1CC[C@@]2(C1)C(=O)NC[C@@H]2COc1cccnc1. The molecule has 2 saturated heterocycles. The molecule has 0 bridgehead atoms. The third-order valence-electron chi connectivity index (χ3n) is 4.88. The number of hydrogen-bond donors (Lipinski definition) is 1. The molecule has 0 unspecified atom stereocenters. The number of carbonyl (C=O) groups excluding carboxylic acids is 1. The van der Waals surface area contributed by atoms with Crippen molar-refractivity contribution in [1.82, 2.24) is 18.9 Å². The van der Waals surface area contributed by atoms with Crippen LogP contribution in [0, 0.1) is 11.3 Å². The number of ether oxygens (including phenoxy) is 1. The standard InChI is InChI=1S/C15H22N4O4S/c1-18(2)24(21,22)19-7-5-15(11-19)12(8-17-14(15)20)10-23-13-4-3-6-16-9-13/h3-4,6,9,12H,5,7-8,10-11H2,1-2H3,(H,17,20)/t12-,15+/m1/s1. The molecule has 2 fully saturated rings. The van der Waals surface area contributed by atoms with Crippen LogP contribution in [0.5, 0.6) is 5.75 Å². The van der Waals surface area contributed by atoms with Crippen molar-refractivity contribution < 1.29 is 17.9 Å². The van der Waals surface area contributed by atoms with E-state index < -0.39 is 15.6 Å². The Bertz CT molecular complexity index is 709. The Hall–Kier alpha value is -1.71. The summed E-state index contributed by atoms with van der Waals surface area (Å²) in [5.41, 5.74) is -0.717. The van der Waals surface area contributed by atoms with Gasteiger partial charge in [0.05, 0.1) is 18.2 Å². The van der Waals surface area contributed by atoms with Gasteiger partial charge in [0, 0.05) is 45.8 Å². The second-order valence-electron chi connectivity index (χ2n) is 6.44. The van der Waals surface area contributed by atoms with E-state index in [1.807, 2.05) is 0 Å². The van der Waals surface area contributed by atoms with Gasteiger partial charge in [0.25, 0.3) is 10.2 Å². The number of nitrogens with zero attached hydrogens (tertiary/aromatic N) is 3. The summed E-state index contributed by atoms with van der Waals surface area (Å²) in [4.78, 5) is 16.4. The van der Waals surface area contributed by atoms with Crippen LogP contribution in [0.15, 0.2) is 24.5 Å². The molecular formula is C15H22N4O4S. The number of carbonyl (C=O) groups is 1. The van der Waals surface area contributed by atoms with Crippen molar-refractivity contribution in [3.05, 3.63) is 24.5 Å². The van der Waals surface area contributed by atoms with Gasteiger partial charge < -0.3 is 10.1 Å². The highest BCUT2D eigenvalue weighted by Crippen LogP contribution is 2.42. The lowest BCUT2D eigenvalue weighted by Crippen LogP contribution is -2.44. The monoisotopic (exact) mass is 354 g/mol. The third-order valence-corrected chi connectivity index (χ3v) is 6.77. The van der Waals surface area contributed by atoms with Gasteiger partial charge in [-0.25, -0.2) is 0 Å². The summed E-state index contributed by atoms with van der Waals surface area (Å²) >= 11 is 0. The van der Waals surface area contributed by atoms with Gasteiger partial charge in [-0.3, -0.25) is 9.78 Å². The molecule has 1 aromatic rings. The Morgan fingerprint density at radius 2 is 2.29 bits per heavy atom. The van der Waals surface area contributed by atoms with E-state index in [2.05, 4.69) is 10.3 Å². The molecule has 2 aliphatic heterocycles. The van der Waals surface area contributed by atoms with Gasteiger partial charge in [0.15, 0.2) is 0 Å². The largest absolute Gasteiger partial charge is 0.492 e. The van der Waals surface area contributed by atoms with Crippen molar-refractivity contribution in [3.8, 4) is 5.75 Å². The number of nitrogens with one attached hydrogen (secondary N) is 1. The zero-order chi connectivity index (χ0) is 17.4. The first-order valence-electron chi connectivity index (χ1n) is 7.85. The molecule has 1 amide bonds. The van der Waals surface area contributed by atoms with Gasteiger partial charge in [-0.2, -0.15) is 17.0 Å². The van der Waals surface area contributed by atoms with E-state index in [-0.39, 0.29) is 18.4 Å². The average Bonchev–Trinajstić information content (AvgIpc) is 3.14. The van der Waals surface area contributed by atoms with Crippen molar-refractivity contribution in [2.75, 3.05) is 40.3 Å². The highest BCUT2D eigenvalue weighted by Gasteiger charge is 2.56. The van der Waals surface area contributed by atoms with E-state index >= 15 is 0 Å². The second-order valence-corrected chi connectivity index (χ2v) is 8.58. The molecule has 0 aliphatic carbocycles. The third kappa shape index (κ3) is 2.87.